The van der Waals surface area contributed by atoms with E-state index in [9.17, 15) is 0 Å². The Morgan fingerprint density at radius 1 is 1.25 bits per heavy atom. The zero-order valence-corrected chi connectivity index (χ0v) is 7.16. The summed E-state index contributed by atoms with van der Waals surface area (Å²) in [5.74, 6) is 0. The van der Waals surface area contributed by atoms with Crippen LogP contribution in [0.3, 0.4) is 0 Å². The van der Waals surface area contributed by atoms with Crippen molar-refractivity contribution >= 4 is 23.1 Å². The molecule has 1 aliphatic carbocycles. The van der Waals surface area contributed by atoms with Gasteiger partial charge in [0.25, 0.3) is 0 Å². The van der Waals surface area contributed by atoms with Gasteiger partial charge in [0.1, 0.15) is 0 Å². The molecule has 0 aromatic carbocycles. The largest absolute Gasteiger partial charge is 2.00 e. The second kappa shape index (κ2) is 7.80. The summed E-state index contributed by atoms with van der Waals surface area (Å²) in [6.07, 6.45) is 10.5. The van der Waals surface area contributed by atoms with Crippen molar-refractivity contribution in [1.82, 2.24) is 0 Å². The Hall–Kier alpha value is 0.796. The van der Waals surface area contributed by atoms with E-state index in [1.165, 1.54) is 25.7 Å². The molecular weight excluding hydrogens is 132 g/mol. The van der Waals surface area contributed by atoms with E-state index in [0.29, 0.717) is 0 Å². The molecule has 0 amide bonds. The van der Waals surface area contributed by atoms with Crippen molar-refractivity contribution < 1.29 is 12.4 Å². The first kappa shape index (κ1) is 11.6. The van der Waals surface area contributed by atoms with Crippen LogP contribution in [0.5, 0.6) is 0 Å². The van der Waals surface area contributed by atoms with Crippen LogP contribution in [-0.4, -0.2) is 23.1 Å². The van der Waals surface area contributed by atoms with Gasteiger partial charge in [0.15, 0.2) is 0 Å². The van der Waals surface area contributed by atoms with Crippen LogP contribution < -0.4 is 12.4 Å². The van der Waals surface area contributed by atoms with Gasteiger partial charge >= 0.3 is 23.1 Å². The number of rotatable bonds is 0. The second-order valence-corrected chi connectivity index (χ2v) is 1.65. The van der Waals surface area contributed by atoms with E-state index in [1.54, 1.807) is 0 Å². The van der Waals surface area contributed by atoms with Gasteiger partial charge in [-0.3, -0.25) is 6.08 Å². The third-order valence-electron chi connectivity index (χ3n) is 1.06. The summed E-state index contributed by atoms with van der Waals surface area (Å²) in [5.41, 5.74) is 0. The Balaban J connectivity index is 0. The fraction of sp³-hybridized carbons (Fsp3) is 0.667. The molecule has 0 aromatic heterocycles. The quantitative estimate of drug-likeness (QED) is 0.285. The minimum absolute atomic E-state index is 0. The normalized spacial score (nSPS) is 16.0. The van der Waals surface area contributed by atoms with Crippen LogP contribution in [0.25, 0.3) is 0 Å². The molecule has 8 heavy (non-hydrogen) atoms. The van der Waals surface area contributed by atoms with Gasteiger partial charge in [-0.15, -0.1) is 0 Å². The molecule has 1 aliphatic rings. The molecule has 0 atom stereocenters. The molecule has 0 spiro atoms. The molecule has 0 unspecified atom stereocenters. The van der Waals surface area contributed by atoms with Gasteiger partial charge in [-0.2, -0.15) is 6.42 Å². The number of allylic oxidation sites excluding steroid dienone is 2. The Kier molecular flexibility index (Phi) is 11.3. The maximum atomic E-state index is 3.16. The smallest absolute Gasteiger partial charge is 1.00 e. The average molecular weight is 141 g/mol. The Labute approximate surface area is 73.3 Å². The van der Waals surface area contributed by atoms with Crippen molar-refractivity contribution in [3.05, 3.63) is 12.2 Å². The zero-order valence-electron chi connectivity index (χ0n) is 4.99. The molecular formula is C6H9ClMg. The summed E-state index contributed by atoms with van der Waals surface area (Å²) in [6.45, 7) is 0. The molecule has 0 aliphatic heterocycles. The van der Waals surface area contributed by atoms with Crippen LogP contribution in [0.2, 0.25) is 0 Å². The third-order valence-corrected chi connectivity index (χ3v) is 1.06. The van der Waals surface area contributed by atoms with Crippen molar-refractivity contribution in [3.63, 3.8) is 0 Å². The number of hydrogen-bond donors (Lipinski definition) is 0. The van der Waals surface area contributed by atoms with Crippen molar-refractivity contribution in [2.45, 2.75) is 25.7 Å². The van der Waals surface area contributed by atoms with E-state index >= 15 is 0 Å². The molecule has 0 N–H and O–H groups in total. The van der Waals surface area contributed by atoms with E-state index in [-0.39, 0.29) is 35.5 Å². The Morgan fingerprint density at radius 2 is 2.00 bits per heavy atom. The molecule has 0 heterocycles. The molecule has 0 bridgehead atoms. The third kappa shape index (κ3) is 4.94. The summed E-state index contributed by atoms with van der Waals surface area (Å²) in [6, 6.07) is 0. The summed E-state index contributed by atoms with van der Waals surface area (Å²) in [5, 5.41) is 0. The van der Waals surface area contributed by atoms with Gasteiger partial charge in [0.05, 0.1) is 0 Å². The maximum Gasteiger partial charge on any atom is 2.00 e. The number of hydrogen-bond acceptors (Lipinski definition) is 0. The van der Waals surface area contributed by atoms with Crippen LogP contribution in [-0.2, 0) is 0 Å². The fourth-order valence-corrected chi connectivity index (χ4v) is 0.678. The maximum absolute atomic E-state index is 3.16. The first-order valence-corrected chi connectivity index (χ1v) is 2.55. The van der Waals surface area contributed by atoms with Crippen molar-refractivity contribution in [3.8, 4) is 0 Å². The molecule has 42 valence electrons. The van der Waals surface area contributed by atoms with Gasteiger partial charge in [0, 0.05) is 0 Å². The van der Waals surface area contributed by atoms with Gasteiger partial charge in [-0.05, 0) is 0 Å². The molecule has 0 nitrogen and oxygen atoms in total. The van der Waals surface area contributed by atoms with Crippen LogP contribution in [0, 0.1) is 6.08 Å². The van der Waals surface area contributed by atoms with Crippen LogP contribution in [0.1, 0.15) is 25.7 Å². The topological polar surface area (TPSA) is 0 Å². The van der Waals surface area contributed by atoms with Crippen molar-refractivity contribution in [1.29, 1.82) is 0 Å². The standard InChI is InChI=1S/C6H9.ClH.Mg/c1-2-4-6-5-3-1;;/h1H,2,4-6H2;1H;/q-1;;+2/p-1. The van der Waals surface area contributed by atoms with Crippen LogP contribution >= 0.6 is 0 Å². The average Bonchev–Trinajstić information content (AvgIpc) is 1.72. The number of halogens is 1. The van der Waals surface area contributed by atoms with Crippen LogP contribution in [0.15, 0.2) is 6.08 Å². The first-order valence-electron chi connectivity index (χ1n) is 2.55. The summed E-state index contributed by atoms with van der Waals surface area (Å²) in [7, 11) is 0. The van der Waals surface area contributed by atoms with E-state index in [2.05, 4.69) is 12.2 Å². The first-order chi connectivity index (χ1) is 3.00. The van der Waals surface area contributed by atoms with Gasteiger partial charge in [-0.25, -0.2) is 0 Å². The van der Waals surface area contributed by atoms with Crippen LogP contribution in [0.4, 0.5) is 0 Å². The second-order valence-electron chi connectivity index (χ2n) is 1.65. The predicted molar refractivity (Wildman–Crippen MR) is 32.0 cm³/mol. The molecule has 0 saturated heterocycles. The summed E-state index contributed by atoms with van der Waals surface area (Å²) < 4.78 is 0. The monoisotopic (exact) mass is 140 g/mol. The predicted octanol–water partition coefficient (Wildman–Crippen LogP) is -1.46. The molecule has 0 saturated carbocycles. The minimum Gasteiger partial charge on any atom is -1.00 e. The van der Waals surface area contributed by atoms with E-state index in [0.717, 1.165) is 0 Å². The van der Waals surface area contributed by atoms with Crippen molar-refractivity contribution in [2.24, 2.45) is 0 Å². The molecule has 0 fully saturated rings. The van der Waals surface area contributed by atoms with Crippen molar-refractivity contribution in [2.75, 3.05) is 0 Å². The van der Waals surface area contributed by atoms with Gasteiger partial charge in [0.2, 0.25) is 0 Å². The van der Waals surface area contributed by atoms with E-state index < -0.39 is 0 Å². The van der Waals surface area contributed by atoms with Gasteiger partial charge < -0.3 is 18.5 Å². The SMILES string of the molecule is [C-]1=CCCCC1.[Cl-].[Mg+2]. The zero-order chi connectivity index (χ0) is 4.24. The fourth-order valence-electron chi connectivity index (χ4n) is 0.678. The molecule has 0 radical (unpaired) electrons. The molecule has 1 rings (SSSR count). The molecule has 0 aromatic rings. The summed E-state index contributed by atoms with van der Waals surface area (Å²) in [4.78, 5) is 0. The Bertz CT molecular complexity index is 53.5. The van der Waals surface area contributed by atoms with E-state index in [4.69, 9.17) is 0 Å². The van der Waals surface area contributed by atoms with Gasteiger partial charge in [-0.1, -0.05) is 19.3 Å². The Morgan fingerprint density at radius 3 is 2.12 bits per heavy atom. The molecule has 2 heteroatoms. The minimum atomic E-state index is 0. The van der Waals surface area contributed by atoms with E-state index in [1.807, 2.05) is 0 Å². The summed E-state index contributed by atoms with van der Waals surface area (Å²) >= 11 is 0.